The van der Waals surface area contributed by atoms with Crippen LogP contribution in [0.1, 0.15) is 91.4 Å². The molecule has 0 saturated heterocycles. The summed E-state index contributed by atoms with van der Waals surface area (Å²) in [5.74, 6) is -0.844. The van der Waals surface area contributed by atoms with Crippen LogP contribution in [0.25, 0.3) is 0 Å². The van der Waals surface area contributed by atoms with Gasteiger partial charge in [0, 0.05) is 11.5 Å². The minimum Gasteiger partial charge on any atom is -0.336 e. The van der Waals surface area contributed by atoms with Gasteiger partial charge in [-0.05, 0) is 19.8 Å². The van der Waals surface area contributed by atoms with E-state index in [0.717, 1.165) is 25.7 Å². The van der Waals surface area contributed by atoms with Crippen molar-refractivity contribution in [3.63, 3.8) is 0 Å². The van der Waals surface area contributed by atoms with E-state index in [4.69, 9.17) is 4.84 Å². The maximum atomic E-state index is 12.1. The van der Waals surface area contributed by atoms with Gasteiger partial charge >= 0.3 is 5.97 Å². The van der Waals surface area contributed by atoms with Crippen LogP contribution in [0.15, 0.2) is 12.2 Å². The average Bonchev–Trinajstić information content (AvgIpc) is 2.53. The molecule has 0 aliphatic rings. The van der Waals surface area contributed by atoms with Crippen molar-refractivity contribution in [3.8, 4) is 0 Å². The molecule has 0 aliphatic carbocycles. The van der Waals surface area contributed by atoms with Gasteiger partial charge in [0.05, 0.1) is 0 Å². The number of amides is 1. The normalized spacial score (nSPS) is 11.8. The second-order valence-electron chi connectivity index (χ2n) is 6.39. The molecule has 0 aliphatic heterocycles. The third-order valence-corrected chi connectivity index (χ3v) is 4.01. The minimum atomic E-state index is -0.583. The fraction of sp³-hybridized carbons (Fsp3) is 0.789. The lowest BCUT2D eigenvalue weighted by Gasteiger charge is -2.15. The van der Waals surface area contributed by atoms with Gasteiger partial charge < -0.3 is 4.84 Å². The monoisotopic (exact) mass is 325 g/mol. The molecule has 0 aromatic carbocycles. The molecule has 4 nitrogen and oxygen atoms in total. The first-order chi connectivity index (χ1) is 11.0. The van der Waals surface area contributed by atoms with Gasteiger partial charge in [-0.3, -0.25) is 4.79 Å². The quantitative estimate of drug-likeness (QED) is 0.292. The van der Waals surface area contributed by atoms with Crippen molar-refractivity contribution >= 4 is 11.9 Å². The Bertz CT molecular complexity index is 353. The van der Waals surface area contributed by atoms with Crippen molar-refractivity contribution < 1.29 is 14.4 Å². The summed E-state index contributed by atoms with van der Waals surface area (Å²) in [5.41, 5.74) is 2.55. The number of rotatable bonds is 13. The Kier molecular flexibility index (Phi) is 13.5. The number of unbranched alkanes of at least 4 members (excludes halogenated alkanes) is 7. The topological polar surface area (TPSA) is 55.4 Å². The molecular weight excluding hydrogens is 290 g/mol. The summed E-state index contributed by atoms with van der Waals surface area (Å²) < 4.78 is 0. The second kappa shape index (κ2) is 14.3. The first-order valence-corrected chi connectivity index (χ1v) is 9.19. The molecule has 1 atom stereocenters. The fourth-order valence-electron chi connectivity index (χ4n) is 2.55. The molecule has 134 valence electrons. The van der Waals surface area contributed by atoms with Crippen molar-refractivity contribution in [3.05, 3.63) is 12.2 Å². The average molecular weight is 325 g/mol. The molecule has 0 aromatic heterocycles. The van der Waals surface area contributed by atoms with E-state index in [1.54, 1.807) is 6.92 Å². The zero-order chi connectivity index (χ0) is 17.5. The molecule has 1 amide bonds. The fourth-order valence-corrected chi connectivity index (χ4v) is 2.55. The van der Waals surface area contributed by atoms with Crippen LogP contribution in [0.2, 0.25) is 0 Å². The van der Waals surface area contributed by atoms with E-state index >= 15 is 0 Å². The van der Waals surface area contributed by atoms with Crippen molar-refractivity contribution in [1.82, 2.24) is 5.48 Å². The lowest BCUT2D eigenvalue weighted by molar-refractivity contribution is -0.156. The van der Waals surface area contributed by atoms with Gasteiger partial charge in [0.1, 0.15) is 0 Å². The molecule has 0 rings (SSSR count). The highest BCUT2D eigenvalue weighted by molar-refractivity contribution is 5.88. The van der Waals surface area contributed by atoms with Crippen LogP contribution in [0.4, 0.5) is 0 Å². The molecule has 1 N–H and O–H groups in total. The standard InChI is InChI=1S/C19H35NO3/c1-5-7-8-9-10-11-12-13-15-17(14-6-2)18(21)20-23-19(22)16(3)4/h17H,3,5-15H2,1-2,4H3,(H,20,21). The highest BCUT2D eigenvalue weighted by atomic mass is 16.7. The van der Waals surface area contributed by atoms with Crippen LogP contribution in [-0.4, -0.2) is 11.9 Å². The molecule has 1 unspecified atom stereocenters. The SMILES string of the molecule is C=C(C)C(=O)ONC(=O)C(CCC)CCCCCCCCCC. The maximum Gasteiger partial charge on any atom is 0.358 e. The third kappa shape index (κ3) is 11.8. The first kappa shape index (κ1) is 21.7. The minimum absolute atomic E-state index is 0.0713. The maximum absolute atomic E-state index is 12.1. The van der Waals surface area contributed by atoms with E-state index in [2.05, 4.69) is 25.9 Å². The smallest absolute Gasteiger partial charge is 0.336 e. The first-order valence-electron chi connectivity index (χ1n) is 9.19. The number of carbonyl (C=O) groups is 2. The molecule has 0 aromatic rings. The van der Waals surface area contributed by atoms with Crippen LogP contribution < -0.4 is 5.48 Å². The van der Waals surface area contributed by atoms with E-state index in [9.17, 15) is 9.59 Å². The second-order valence-corrected chi connectivity index (χ2v) is 6.39. The molecular formula is C19H35NO3. The van der Waals surface area contributed by atoms with Gasteiger partial charge in [-0.25, -0.2) is 4.79 Å². The van der Waals surface area contributed by atoms with Crippen LogP contribution >= 0.6 is 0 Å². The van der Waals surface area contributed by atoms with E-state index in [1.165, 1.54) is 44.9 Å². The molecule has 23 heavy (non-hydrogen) atoms. The molecule has 0 bridgehead atoms. The van der Waals surface area contributed by atoms with E-state index in [-0.39, 0.29) is 17.4 Å². The Morgan fingerprint density at radius 2 is 1.48 bits per heavy atom. The van der Waals surface area contributed by atoms with Crippen molar-refractivity contribution in [2.75, 3.05) is 0 Å². The molecule has 0 fully saturated rings. The predicted octanol–water partition coefficient (Wildman–Crippen LogP) is 5.08. The van der Waals surface area contributed by atoms with Crippen molar-refractivity contribution in [2.24, 2.45) is 5.92 Å². The van der Waals surface area contributed by atoms with Gasteiger partial charge in [-0.1, -0.05) is 78.2 Å². The largest absolute Gasteiger partial charge is 0.358 e. The number of carbonyl (C=O) groups excluding carboxylic acids is 2. The van der Waals surface area contributed by atoms with Crippen molar-refractivity contribution in [1.29, 1.82) is 0 Å². The number of nitrogens with one attached hydrogen (secondary N) is 1. The molecule has 0 radical (unpaired) electrons. The molecule has 4 heteroatoms. The van der Waals surface area contributed by atoms with E-state index in [0.29, 0.717) is 0 Å². The van der Waals surface area contributed by atoms with Crippen LogP contribution in [-0.2, 0) is 14.4 Å². The number of hydrogen-bond acceptors (Lipinski definition) is 3. The Hall–Kier alpha value is -1.32. The summed E-state index contributed by atoms with van der Waals surface area (Å²) in [6.45, 7) is 9.33. The highest BCUT2D eigenvalue weighted by Gasteiger charge is 2.18. The highest BCUT2D eigenvalue weighted by Crippen LogP contribution is 2.17. The van der Waals surface area contributed by atoms with Gasteiger partial charge in [0.25, 0.3) is 5.91 Å². The Morgan fingerprint density at radius 3 is 2.00 bits per heavy atom. The van der Waals surface area contributed by atoms with E-state index < -0.39 is 5.97 Å². The summed E-state index contributed by atoms with van der Waals surface area (Å²) in [5, 5.41) is 0. The van der Waals surface area contributed by atoms with E-state index in [1.807, 2.05) is 0 Å². The number of hydroxylamine groups is 1. The Morgan fingerprint density at radius 1 is 0.913 bits per heavy atom. The van der Waals surface area contributed by atoms with Gasteiger partial charge in [-0.2, -0.15) is 5.48 Å². The molecule has 0 saturated carbocycles. The summed E-state index contributed by atoms with van der Waals surface area (Å²) in [6, 6.07) is 0. The van der Waals surface area contributed by atoms with Gasteiger partial charge in [0.2, 0.25) is 0 Å². The zero-order valence-electron chi connectivity index (χ0n) is 15.3. The van der Waals surface area contributed by atoms with Gasteiger partial charge in [-0.15, -0.1) is 0 Å². The number of hydrogen-bond donors (Lipinski definition) is 1. The summed E-state index contributed by atoms with van der Waals surface area (Å²) in [4.78, 5) is 28.1. The lowest BCUT2D eigenvalue weighted by Crippen LogP contribution is -2.33. The van der Waals surface area contributed by atoms with Crippen LogP contribution in [0, 0.1) is 5.92 Å². The van der Waals surface area contributed by atoms with Crippen LogP contribution in [0.5, 0.6) is 0 Å². The van der Waals surface area contributed by atoms with Gasteiger partial charge in [0.15, 0.2) is 0 Å². The molecule has 0 spiro atoms. The summed E-state index contributed by atoms with van der Waals surface area (Å²) >= 11 is 0. The molecule has 0 heterocycles. The Labute approximate surface area is 142 Å². The lowest BCUT2D eigenvalue weighted by atomic mass is 9.95. The summed E-state index contributed by atoms with van der Waals surface area (Å²) in [7, 11) is 0. The third-order valence-electron chi connectivity index (χ3n) is 4.01. The van der Waals surface area contributed by atoms with Crippen molar-refractivity contribution in [2.45, 2.75) is 91.4 Å². The predicted molar refractivity (Wildman–Crippen MR) is 94.7 cm³/mol. The Balaban J connectivity index is 3.90. The van der Waals surface area contributed by atoms with Crippen LogP contribution in [0.3, 0.4) is 0 Å². The summed E-state index contributed by atoms with van der Waals surface area (Å²) in [6.07, 6.45) is 12.7. The zero-order valence-corrected chi connectivity index (χ0v) is 15.3.